The van der Waals surface area contributed by atoms with Crippen LogP contribution in [0.1, 0.15) is 12.5 Å². The second kappa shape index (κ2) is 9.18. The highest BCUT2D eigenvalue weighted by molar-refractivity contribution is 5.70. The molecule has 4 rings (SSSR count). The highest BCUT2D eigenvalue weighted by atomic mass is 19.1. The van der Waals surface area contributed by atoms with Crippen molar-refractivity contribution < 1.29 is 18.3 Å². The molecule has 1 saturated heterocycles. The Hall–Kier alpha value is -3.10. The third-order valence-corrected chi connectivity index (χ3v) is 5.85. The van der Waals surface area contributed by atoms with Gasteiger partial charge in [-0.05, 0) is 35.9 Å². The largest absolute Gasteiger partial charge is 0.391 e. The molecule has 2 heterocycles. The molecule has 4 N–H and O–H groups in total. The van der Waals surface area contributed by atoms with Crippen molar-refractivity contribution in [1.82, 2.24) is 4.98 Å². The summed E-state index contributed by atoms with van der Waals surface area (Å²) in [6.07, 6.45) is 2.80. The Labute approximate surface area is 184 Å². The SMILES string of the molecule is CC1CN(c2ccncc2NCc2ccc(F)c(-c3c(F)cccc3F)c2)CC(N)C1O. The Bertz CT molecular complexity index is 1080. The first-order chi connectivity index (χ1) is 15.3. The number of benzene rings is 2. The minimum atomic E-state index is -0.818. The summed E-state index contributed by atoms with van der Waals surface area (Å²) in [5.74, 6) is -2.33. The average molecular weight is 442 g/mol. The monoisotopic (exact) mass is 442 g/mol. The molecule has 0 saturated carbocycles. The van der Waals surface area contributed by atoms with Crippen molar-refractivity contribution in [2.75, 3.05) is 23.3 Å². The minimum absolute atomic E-state index is 0.00934. The number of halogens is 3. The topological polar surface area (TPSA) is 74.4 Å². The van der Waals surface area contributed by atoms with Crippen molar-refractivity contribution in [2.45, 2.75) is 25.6 Å². The predicted molar refractivity (Wildman–Crippen MR) is 119 cm³/mol. The molecule has 3 atom stereocenters. The van der Waals surface area contributed by atoms with E-state index in [1.54, 1.807) is 18.5 Å². The third kappa shape index (κ3) is 4.42. The molecule has 1 fully saturated rings. The molecule has 0 amide bonds. The van der Waals surface area contributed by atoms with E-state index < -0.39 is 23.6 Å². The van der Waals surface area contributed by atoms with Crippen LogP contribution < -0.4 is 16.0 Å². The number of piperidine rings is 1. The molecule has 1 aromatic heterocycles. The fraction of sp³-hybridized carbons (Fsp3) is 0.292. The van der Waals surface area contributed by atoms with Gasteiger partial charge in [0, 0.05) is 43.4 Å². The number of nitrogens with one attached hydrogen (secondary N) is 1. The number of aliphatic hydroxyl groups is 1. The zero-order chi connectivity index (χ0) is 22.8. The molecule has 0 aliphatic carbocycles. The van der Waals surface area contributed by atoms with Gasteiger partial charge in [0.05, 0.1) is 29.2 Å². The summed E-state index contributed by atoms with van der Waals surface area (Å²) in [6, 6.07) is 9.16. The summed E-state index contributed by atoms with van der Waals surface area (Å²) in [5, 5.41) is 13.4. The van der Waals surface area contributed by atoms with Gasteiger partial charge in [-0.2, -0.15) is 0 Å². The van der Waals surface area contributed by atoms with Crippen molar-refractivity contribution in [2.24, 2.45) is 11.7 Å². The lowest BCUT2D eigenvalue weighted by Crippen LogP contribution is -2.55. The Balaban J connectivity index is 1.57. The van der Waals surface area contributed by atoms with Crippen LogP contribution in [0.25, 0.3) is 11.1 Å². The van der Waals surface area contributed by atoms with Crippen LogP contribution in [0.2, 0.25) is 0 Å². The van der Waals surface area contributed by atoms with Gasteiger partial charge in [0.1, 0.15) is 17.5 Å². The molecule has 3 aromatic rings. The molecule has 0 spiro atoms. The smallest absolute Gasteiger partial charge is 0.134 e. The van der Waals surface area contributed by atoms with Crippen LogP contribution in [0.15, 0.2) is 54.9 Å². The summed E-state index contributed by atoms with van der Waals surface area (Å²) < 4.78 is 42.8. The van der Waals surface area contributed by atoms with Crippen molar-refractivity contribution >= 4 is 11.4 Å². The summed E-state index contributed by atoms with van der Waals surface area (Å²) in [6.45, 7) is 3.38. The van der Waals surface area contributed by atoms with Gasteiger partial charge < -0.3 is 21.1 Å². The van der Waals surface area contributed by atoms with Gasteiger partial charge in [-0.15, -0.1) is 0 Å². The normalized spacial score (nSPS) is 20.9. The first kappa shape index (κ1) is 22.1. The van der Waals surface area contributed by atoms with Gasteiger partial charge in [-0.25, -0.2) is 13.2 Å². The highest BCUT2D eigenvalue weighted by Crippen LogP contribution is 2.31. The van der Waals surface area contributed by atoms with E-state index in [1.807, 2.05) is 13.0 Å². The average Bonchev–Trinajstić information content (AvgIpc) is 2.77. The maximum absolute atomic E-state index is 14.4. The zero-order valence-electron chi connectivity index (χ0n) is 17.6. The van der Waals surface area contributed by atoms with Gasteiger partial charge in [0.2, 0.25) is 0 Å². The molecule has 5 nitrogen and oxygen atoms in total. The zero-order valence-corrected chi connectivity index (χ0v) is 17.6. The van der Waals surface area contributed by atoms with E-state index in [-0.39, 0.29) is 23.1 Å². The lowest BCUT2D eigenvalue weighted by atomic mass is 9.92. The van der Waals surface area contributed by atoms with Gasteiger partial charge in [0.15, 0.2) is 0 Å². The molecular weight excluding hydrogens is 417 g/mol. The Kier molecular flexibility index (Phi) is 6.34. The highest BCUT2D eigenvalue weighted by Gasteiger charge is 2.31. The van der Waals surface area contributed by atoms with Crippen molar-refractivity contribution in [1.29, 1.82) is 0 Å². The number of aliphatic hydroxyl groups excluding tert-OH is 1. The van der Waals surface area contributed by atoms with Crippen LogP contribution in [0.5, 0.6) is 0 Å². The molecule has 3 unspecified atom stereocenters. The number of nitrogens with zero attached hydrogens (tertiary/aromatic N) is 2. The first-order valence-corrected chi connectivity index (χ1v) is 10.4. The van der Waals surface area contributed by atoms with E-state index in [4.69, 9.17) is 5.73 Å². The first-order valence-electron chi connectivity index (χ1n) is 10.4. The van der Waals surface area contributed by atoms with Gasteiger partial charge in [-0.3, -0.25) is 4.98 Å². The van der Waals surface area contributed by atoms with E-state index in [9.17, 15) is 18.3 Å². The molecule has 32 heavy (non-hydrogen) atoms. The van der Waals surface area contributed by atoms with Crippen molar-refractivity contribution in [3.8, 4) is 11.1 Å². The molecule has 0 radical (unpaired) electrons. The summed E-state index contributed by atoms with van der Waals surface area (Å²) >= 11 is 0. The van der Waals surface area contributed by atoms with E-state index in [2.05, 4.69) is 15.2 Å². The molecule has 8 heteroatoms. The minimum Gasteiger partial charge on any atom is -0.391 e. The quantitative estimate of drug-likeness (QED) is 0.559. The lowest BCUT2D eigenvalue weighted by molar-refractivity contribution is 0.0785. The predicted octanol–water partition coefficient (Wildman–Crippen LogP) is 3.92. The Morgan fingerprint density at radius 3 is 2.56 bits per heavy atom. The van der Waals surface area contributed by atoms with E-state index >= 15 is 0 Å². The van der Waals surface area contributed by atoms with Crippen LogP contribution in [0, 0.1) is 23.4 Å². The maximum atomic E-state index is 14.4. The second-order valence-electron chi connectivity index (χ2n) is 8.19. The lowest BCUT2D eigenvalue weighted by Gasteiger charge is -2.40. The third-order valence-electron chi connectivity index (χ3n) is 5.85. The van der Waals surface area contributed by atoms with Crippen LogP contribution in [0.4, 0.5) is 24.5 Å². The van der Waals surface area contributed by atoms with Gasteiger partial charge >= 0.3 is 0 Å². The Morgan fingerprint density at radius 2 is 1.84 bits per heavy atom. The van der Waals surface area contributed by atoms with E-state index in [1.165, 1.54) is 18.2 Å². The summed E-state index contributed by atoms with van der Waals surface area (Å²) in [7, 11) is 0. The van der Waals surface area contributed by atoms with E-state index in [0.29, 0.717) is 25.2 Å². The van der Waals surface area contributed by atoms with Crippen molar-refractivity contribution in [3.63, 3.8) is 0 Å². The number of aromatic nitrogens is 1. The van der Waals surface area contributed by atoms with Crippen LogP contribution in [0.3, 0.4) is 0 Å². The number of nitrogens with two attached hydrogens (primary N) is 1. The Morgan fingerprint density at radius 1 is 1.09 bits per heavy atom. The number of rotatable bonds is 5. The molecule has 1 aliphatic rings. The van der Waals surface area contributed by atoms with Crippen molar-refractivity contribution in [3.05, 3.63) is 77.9 Å². The standard InChI is InChI=1S/C24H25F3N4O/c1-14-12-31(13-20(28)24(14)32)22-7-8-29-11-21(22)30-10-15-5-6-17(25)16(9-15)23-18(26)3-2-4-19(23)27/h2-9,11,14,20,24,30,32H,10,12-13,28H2,1H3. The molecule has 1 aliphatic heterocycles. The molecular formula is C24H25F3N4O. The summed E-state index contributed by atoms with van der Waals surface area (Å²) in [5.41, 5.74) is 7.86. The fourth-order valence-corrected chi connectivity index (χ4v) is 4.14. The van der Waals surface area contributed by atoms with Crippen LogP contribution in [-0.2, 0) is 6.54 Å². The second-order valence-corrected chi connectivity index (χ2v) is 8.19. The molecule has 2 aromatic carbocycles. The molecule has 0 bridgehead atoms. The number of hydrogen-bond acceptors (Lipinski definition) is 5. The number of hydrogen-bond donors (Lipinski definition) is 3. The van der Waals surface area contributed by atoms with Crippen LogP contribution in [-0.4, -0.2) is 35.3 Å². The maximum Gasteiger partial charge on any atom is 0.134 e. The number of pyridine rings is 1. The van der Waals surface area contributed by atoms with Crippen LogP contribution >= 0.6 is 0 Å². The summed E-state index contributed by atoms with van der Waals surface area (Å²) in [4.78, 5) is 6.27. The molecule has 168 valence electrons. The van der Waals surface area contributed by atoms with E-state index in [0.717, 1.165) is 23.5 Å². The fourth-order valence-electron chi connectivity index (χ4n) is 4.14. The number of anilines is 2. The van der Waals surface area contributed by atoms with Gasteiger partial charge in [0.25, 0.3) is 0 Å². The van der Waals surface area contributed by atoms with Gasteiger partial charge in [-0.1, -0.05) is 19.1 Å².